The van der Waals surface area contributed by atoms with E-state index < -0.39 is 11.4 Å². The number of methoxy groups -OCH3 is 1. The average molecular weight is 338 g/mol. The molecule has 0 saturated carbocycles. The van der Waals surface area contributed by atoms with E-state index in [-0.39, 0.29) is 12.3 Å². The smallest absolute Gasteiger partial charge is 0.362 e. The van der Waals surface area contributed by atoms with Crippen molar-refractivity contribution in [3.05, 3.63) is 70.0 Å². The summed E-state index contributed by atoms with van der Waals surface area (Å²) in [6.07, 6.45) is 0. The largest absolute Gasteiger partial charge is 0.497 e. The van der Waals surface area contributed by atoms with E-state index in [1.165, 1.54) is 0 Å². The number of esters is 1. The predicted octanol–water partition coefficient (Wildman–Crippen LogP) is 2.63. The molecular weight excluding hydrogens is 320 g/mol. The minimum Gasteiger partial charge on any atom is -0.497 e. The molecule has 128 valence electrons. The number of carbonyl (C=O) groups is 1. The van der Waals surface area contributed by atoms with Crippen LogP contribution in [0.15, 0.2) is 53.3 Å². The van der Waals surface area contributed by atoms with E-state index in [0.717, 1.165) is 11.3 Å². The van der Waals surface area contributed by atoms with Crippen LogP contribution in [0.25, 0.3) is 10.9 Å². The van der Waals surface area contributed by atoms with Gasteiger partial charge in [0.1, 0.15) is 5.75 Å². The third-order valence-electron chi connectivity index (χ3n) is 3.82. The van der Waals surface area contributed by atoms with Crippen LogP contribution in [0.1, 0.15) is 23.0 Å². The van der Waals surface area contributed by atoms with Crippen molar-refractivity contribution in [1.29, 1.82) is 0 Å². The number of benzene rings is 2. The lowest BCUT2D eigenvalue weighted by molar-refractivity contribution is 0.0515. The van der Waals surface area contributed by atoms with Gasteiger partial charge in [0.2, 0.25) is 11.1 Å². The molecular formula is C19H18N2O4. The lowest BCUT2D eigenvalue weighted by Gasteiger charge is -2.12. The average Bonchev–Trinajstić information content (AvgIpc) is 2.65. The first-order valence-electron chi connectivity index (χ1n) is 7.94. The highest BCUT2D eigenvalue weighted by molar-refractivity contribution is 5.91. The van der Waals surface area contributed by atoms with Crippen LogP contribution in [-0.2, 0) is 11.3 Å². The number of hydrogen-bond donors (Lipinski definition) is 0. The van der Waals surface area contributed by atoms with Crippen LogP contribution in [0.2, 0.25) is 0 Å². The fraction of sp³-hybridized carbons (Fsp3) is 0.211. The summed E-state index contributed by atoms with van der Waals surface area (Å²) in [5.41, 5.74) is 1.02. The van der Waals surface area contributed by atoms with Gasteiger partial charge in [-0.2, -0.15) is 5.10 Å². The molecule has 0 amide bonds. The zero-order chi connectivity index (χ0) is 17.8. The minimum atomic E-state index is -0.707. The Hall–Kier alpha value is -3.15. The Morgan fingerprint density at radius 1 is 1.12 bits per heavy atom. The summed E-state index contributed by atoms with van der Waals surface area (Å²) in [6.45, 7) is 2.29. The van der Waals surface area contributed by atoms with E-state index in [2.05, 4.69) is 5.10 Å². The molecule has 0 saturated heterocycles. The van der Waals surface area contributed by atoms with Crippen LogP contribution in [-0.4, -0.2) is 29.5 Å². The number of hydrogen-bond acceptors (Lipinski definition) is 5. The van der Waals surface area contributed by atoms with Gasteiger partial charge in [-0.1, -0.05) is 24.3 Å². The molecule has 6 heteroatoms. The van der Waals surface area contributed by atoms with Crippen molar-refractivity contribution in [2.75, 3.05) is 13.7 Å². The Balaban J connectivity index is 2.10. The highest BCUT2D eigenvalue weighted by atomic mass is 16.5. The maximum absolute atomic E-state index is 12.5. The van der Waals surface area contributed by atoms with Crippen molar-refractivity contribution in [3.8, 4) is 5.75 Å². The Morgan fingerprint density at radius 2 is 1.84 bits per heavy atom. The van der Waals surface area contributed by atoms with Gasteiger partial charge in [-0.3, -0.25) is 9.48 Å². The molecule has 0 N–H and O–H groups in total. The van der Waals surface area contributed by atoms with Crippen LogP contribution in [0.5, 0.6) is 5.75 Å². The van der Waals surface area contributed by atoms with Gasteiger partial charge in [0.15, 0.2) is 0 Å². The predicted molar refractivity (Wildman–Crippen MR) is 94.1 cm³/mol. The van der Waals surface area contributed by atoms with Gasteiger partial charge in [0, 0.05) is 5.39 Å². The molecule has 0 unspecified atom stereocenters. The number of aromatic nitrogens is 2. The van der Waals surface area contributed by atoms with Crippen molar-refractivity contribution >= 4 is 16.9 Å². The molecule has 0 bridgehead atoms. The first-order valence-corrected chi connectivity index (χ1v) is 7.94. The van der Waals surface area contributed by atoms with Crippen molar-refractivity contribution in [2.24, 2.45) is 0 Å². The maximum Gasteiger partial charge on any atom is 0.362 e. The SMILES string of the molecule is CCOC(=O)c1nn(Cc2ccc(OC)cc2)c2ccccc2c1=O. The molecule has 0 aliphatic heterocycles. The van der Waals surface area contributed by atoms with E-state index in [1.807, 2.05) is 36.4 Å². The van der Waals surface area contributed by atoms with Crippen molar-refractivity contribution < 1.29 is 14.3 Å². The van der Waals surface area contributed by atoms with Gasteiger partial charge in [0.05, 0.1) is 25.8 Å². The first-order chi connectivity index (χ1) is 12.1. The molecule has 0 aliphatic rings. The molecule has 0 fully saturated rings. The molecule has 1 aromatic heterocycles. The number of nitrogens with zero attached hydrogens (tertiary/aromatic N) is 2. The molecule has 3 aromatic rings. The molecule has 2 aromatic carbocycles. The lowest BCUT2D eigenvalue weighted by Crippen LogP contribution is -2.24. The monoisotopic (exact) mass is 338 g/mol. The third-order valence-corrected chi connectivity index (χ3v) is 3.82. The Labute approximate surface area is 144 Å². The van der Waals surface area contributed by atoms with Crippen molar-refractivity contribution in [3.63, 3.8) is 0 Å². The highest BCUT2D eigenvalue weighted by Gasteiger charge is 2.18. The Morgan fingerprint density at radius 3 is 2.52 bits per heavy atom. The summed E-state index contributed by atoms with van der Waals surface area (Å²) in [4.78, 5) is 24.6. The molecule has 3 rings (SSSR count). The number of rotatable bonds is 5. The normalized spacial score (nSPS) is 10.6. The number of ether oxygens (including phenoxy) is 2. The summed E-state index contributed by atoms with van der Waals surface area (Å²) in [6, 6.07) is 14.6. The van der Waals surface area contributed by atoms with Crippen LogP contribution in [0, 0.1) is 0 Å². The van der Waals surface area contributed by atoms with E-state index in [0.29, 0.717) is 17.4 Å². The van der Waals surface area contributed by atoms with Gasteiger partial charge >= 0.3 is 5.97 Å². The van der Waals surface area contributed by atoms with Crippen molar-refractivity contribution in [2.45, 2.75) is 13.5 Å². The summed E-state index contributed by atoms with van der Waals surface area (Å²) < 4.78 is 11.8. The van der Waals surface area contributed by atoms with Gasteiger partial charge in [-0.15, -0.1) is 0 Å². The first kappa shape index (κ1) is 16.7. The summed E-state index contributed by atoms with van der Waals surface area (Å²) in [5, 5.41) is 4.69. The molecule has 0 atom stereocenters. The van der Waals surface area contributed by atoms with Gasteiger partial charge in [-0.25, -0.2) is 4.79 Å². The summed E-state index contributed by atoms with van der Waals surface area (Å²) >= 11 is 0. The number of para-hydroxylation sites is 1. The molecule has 25 heavy (non-hydrogen) atoms. The fourth-order valence-electron chi connectivity index (χ4n) is 2.60. The van der Waals surface area contributed by atoms with E-state index in [4.69, 9.17) is 9.47 Å². The Bertz CT molecular complexity index is 961. The number of carbonyl (C=O) groups excluding carboxylic acids is 1. The molecule has 0 aliphatic carbocycles. The van der Waals surface area contributed by atoms with Crippen LogP contribution in [0.4, 0.5) is 0 Å². The number of fused-ring (bicyclic) bond motifs is 1. The van der Waals surface area contributed by atoms with Crippen LogP contribution in [0.3, 0.4) is 0 Å². The van der Waals surface area contributed by atoms with E-state index in [9.17, 15) is 9.59 Å². The minimum absolute atomic E-state index is 0.186. The van der Waals surface area contributed by atoms with Crippen LogP contribution < -0.4 is 10.2 Å². The van der Waals surface area contributed by atoms with Gasteiger partial charge < -0.3 is 9.47 Å². The molecule has 1 heterocycles. The maximum atomic E-state index is 12.5. The van der Waals surface area contributed by atoms with Gasteiger partial charge in [-0.05, 0) is 36.8 Å². The lowest BCUT2D eigenvalue weighted by atomic mass is 10.1. The quantitative estimate of drug-likeness (QED) is 0.669. The third kappa shape index (κ3) is 3.38. The second kappa shape index (κ2) is 7.17. The standard InChI is InChI=1S/C19H18N2O4/c1-3-25-19(23)17-18(22)15-6-4-5-7-16(15)21(20-17)12-13-8-10-14(24-2)11-9-13/h4-11H,3,12H2,1-2H3. The van der Waals surface area contributed by atoms with E-state index >= 15 is 0 Å². The summed E-state index contributed by atoms with van der Waals surface area (Å²) in [7, 11) is 1.61. The molecule has 6 nitrogen and oxygen atoms in total. The second-order valence-electron chi connectivity index (χ2n) is 5.42. The van der Waals surface area contributed by atoms with Gasteiger partial charge in [0.25, 0.3) is 0 Å². The molecule has 0 spiro atoms. The molecule has 0 radical (unpaired) electrons. The second-order valence-corrected chi connectivity index (χ2v) is 5.42. The fourth-order valence-corrected chi connectivity index (χ4v) is 2.60. The van der Waals surface area contributed by atoms with Crippen molar-refractivity contribution in [1.82, 2.24) is 9.78 Å². The van der Waals surface area contributed by atoms with Crippen LogP contribution >= 0.6 is 0 Å². The zero-order valence-electron chi connectivity index (χ0n) is 14.1. The topological polar surface area (TPSA) is 70.4 Å². The summed E-state index contributed by atoms with van der Waals surface area (Å²) in [5.74, 6) is 0.0513. The zero-order valence-corrected chi connectivity index (χ0v) is 14.1. The highest BCUT2D eigenvalue weighted by Crippen LogP contribution is 2.15. The Kier molecular flexibility index (Phi) is 4.79. The van der Waals surface area contributed by atoms with E-state index in [1.54, 1.807) is 30.8 Å².